The predicted octanol–water partition coefficient (Wildman–Crippen LogP) is 5.04. The number of anilines is 1. The second-order valence-electron chi connectivity index (χ2n) is 7.63. The second kappa shape index (κ2) is 11.2. The molecule has 6 heteroatoms. The number of carbonyl (C=O) groups is 2. The van der Waals surface area contributed by atoms with Crippen molar-refractivity contribution in [1.29, 1.82) is 0 Å². The van der Waals surface area contributed by atoms with E-state index in [-0.39, 0.29) is 12.2 Å². The molecule has 1 amide bonds. The summed E-state index contributed by atoms with van der Waals surface area (Å²) in [4.78, 5) is 24.4. The molecule has 30 heavy (non-hydrogen) atoms. The highest BCUT2D eigenvalue weighted by molar-refractivity contribution is 5.95. The maximum atomic E-state index is 12.3. The van der Waals surface area contributed by atoms with Crippen molar-refractivity contribution in [1.82, 2.24) is 0 Å². The minimum absolute atomic E-state index is 0.287. The van der Waals surface area contributed by atoms with E-state index in [4.69, 9.17) is 14.2 Å². The van der Waals surface area contributed by atoms with Crippen LogP contribution in [-0.4, -0.2) is 32.2 Å². The Balaban J connectivity index is 1.90. The van der Waals surface area contributed by atoms with Gasteiger partial charge in [-0.2, -0.15) is 0 Å². The third kappa shape index (κ3) is 6.79. The molecule has 6 nitrogen and oxygen atoms in total. The van der Waals surface area contributed by atoms with Gasteiger partial charge < -0.3 is 19.5 Å². The average molecular weight is 414 g/mol. The summed E-state index contributed by atoms with van der Waals surface area (Å²) in [6, 6.07) is 12.5. The normalized spacial score (nSPS) is 11.7. The van der Waals surface area contributed by atoms with E-state index >= 15 is 0 Å². The van der Waals surface area contributed by atoms with Crippen molar-refractivity contribution in [2.75, 3.05) is 25.6 Å². The molecule has 0 radical (unpaired) electrons. The van der Waals surface area contributed by atoms with Gasteiger partial charge in [-0.25, -0.2) is 4.79 Å². The smallest absolute Gasteiger partial charge is 0.338 e. The largest absolute Gasteiger partial charge is 0.493 e. The van der Waals surface area contributed by atoms with Crippen LogP contribution < -0.4 is 14.8 Å². The molecule has 2 rings (SSSR count). The van der Waals surface area contributed by atoms with Crippen LogP contribution in [0.4, 0.5) is 5.69 Å². The van der Waals surface area contributed by atoms with Gasteiger partial charge in [-0.1, -0.05) is 39.8 Å². The van der Waals surface area contributed by atoms with Crippen molar-refractivity contribution in [2.45, 2.75) is 40.0 Å². The fourth-order valence-corrected chi connectivity index (χ4v) is 2.71. The van der Waals surface area contributed by atoms with Gasteiger partial charge in [0.2, 0.25) is 0 Å². The quantitative estimate of drug-likeness (QED) is 0.553. The van der Waals surface area contributed by atoms with E-state index in [0.717, 1.165) is 6.42 Å². The molecule has 0 spiro atoms. The molecular weight excluding hydrogens is 382 g/mol. The summed E-state index contributed by atoms with van der Waals surface area (Å²) >= 11 is 0. The number of amides is 1. The number of hydrogen-bond acceptors (Lipinski definition) is 5. The first-order valence-electron chi connectivity index (χ1n) is 10.2. The van der Waals surface area contributed by atoms with Crippen LogP contribution in [-0.2, 0) is 9.53 Å². The Bertz CT molecular complexity index is 845. The minimum atomic E-state index is -0.606. The molecule has 1 N–H and O–H groups in total. The summed E-state index contributed by atoms with van der Waals surface area (Å²) in [6.45, 7) is 8.55. The number of ether oxygens (including phenoxy) is 3. The summed E-state index contributed by atoms with van der Waals surface area (Å²) in [5, 5.41) is 2.73. The van der Waals surface area contributed by atoms with Gasteiger partial charge >= 0.3 is 5.97 Å². The van der Waals surface area contributed by atoms with E-state index in [1.807, 2.05) is 38.1 Å². The Hall–Kier alpha value is -3.02. The highest BCUT2D eigenvalue weighted by atomic mass is 16.5. The van der Waals surface area contributed by atoms with Crippen molar-refractivity contribution in [3.8, 4) is 11.5 Å². The van der Waals surface area contributed by atoms with Crippen LogP contribution >= 0.6 is 0 Å². The molecule has 0 aliphatic heterocycles. The molecule has 0 aliphatic carbocycles. The van der Waals surface area contributed by atoms with Crippen LogP contribution in [0.25, 0.3) is 0 Å². The number of methoxy groups -OCH3 is 1. The number of nitrogens with one attached hydrogen (secondary N) is 1. The third-order valence-corrected chi connectivity index (χ3v) is 4.68. The van der Waals surface area contributed by atoms with Crippen molar-refractivity contribution >= 4 is 17.6 Å². The first kappa shape index (κ1) is 23.3. The molecule has 162 valence electrons. The zero-order valence-corrected chi connectivity index (χ0v) is 18.4. The SMILES string of the molecule is CC[C@H](C)c1ccc(NC(=O)COC(=O)c2ccc(OCC(C)C)c(OC)c2)cc1. The van der Waals surface area contributed by atoms with Crippen molar-refractivity contribution in [2.24, 2.45) is 5.92 Å². The zero-order valence-electron chi connectivity index (χ0n) is 18.4. The van der Waals surface area contributed by atoms with Gasteiger partial charge in [0.05, 0.1) is 19.3 Å². The first-order chi connectivity index (χ1) is 14.3. The molecule has 0 bridgehead atoms. The molecule has 2 aromatic rings. The molecule has 0 aromatic heterocycles. The van der Waals surface area contributed by atoms with Crippen LogP contribution in [0.5, 0.6) is 11.5 Å². The lowest BCUT2D eigenvalue weighted by molar-refractivity contribution is -0.119. The fraction of sp³-hybridized carbons (Fsp3) is 0.417. The monoisotopic (exact) mass is 413 g/mol. The topological polar surface area (TPSA) is 73.9 Å². The second-order valence-corrected chi connectivity index (χ2v) is 7.63. The van der Waals surface area contributed by atoms with Crippen LogP contribution in [0.15, 0.2) is 42.5 Å². The van der Waals surface area contributed by atoms with E-state index in [2.05, 4.69) is 19.2 Å². The Kier molecular flexibility index (Phi) is 8.71. The lowest BCUT2D eigenvalue weighted by Gasteiger charge is -2.13. The van der Waals surface area contributed by atoms with Crippen LogP contribution in [0.3, 0.4) is 0 Å². The van der Waals surface area contributed by atoms with E-state index in [9.17, 15) is 9.59 Å². The van der Waals surface area contributed by atoms with Crippen molar-refractivity contribution in [3.05, 3.63) is 53.6 Å². The maximum absolute atomic E-state index is 12.3. The summed E-state index contributed by atoms with van der Waals surface area (Å²) in [5.74, 6) is 0.825. The predicted molar refractivity (Wildman–Crippen MR) is 117 cm³/mol. The zero-order chi connectivity index (χ0) is 22.1. The van der Waals surface area contributed by atoms with E-state index < -0.39 is 11.9 Å². The molecule has 0 unspecified atom stereocenters. The number of hydrogen-bond donors (Lipinski definition) is 1. The Morgan fingerprint density at radius 2 is 1.70 bits per heavy atom. The Morgan fingerprint density at radius 1 is 1.00 bits per heavy atom. The van der Waals surface area contributed by atoms with Gasteiger partial charge in [0.15, 0.2) is 18.1 Å². The van der Waals surface area contributed by atoms with Gasteiger partial charge in [-0.05, 0) is 54.2 Å². The highest BCUT2D eigenvalue weighted by Gasteiger charge is 2.14. The lowest BCUT2D eigenvalue weighted by atomic mass is 9.99. The first-order valence-corrected chi connectivity index (χ1v) is 10.2. The summed E-state index contributed by atoms with van der Waals surface area (Å²) in [5.41, 5.74) is 2.17. The molecule has 0 saturated heterocycles. The number of carbonyl (C=O) groups excluding carboxylic acids is 2. The minimum Gasteiger partial charge on any atom is -0.493 e. The maximum Gasteiger partial charge on any atom is 0.338 e. The van der Waals surface area contributed by atoms with Crippen molar-refractivity contribution in [3.63, 3.8) is 0 Å². The van der Waals surface area contributed by atoms with Gasteiger partial charge in [-0.3, -0.25) is 4.79 Å². The highest BCUT2D eigenvalue weighted by Crippen LogP contribution is 2.28. The molecule has 0 aliphatic rings. The number of esters is 1. The molecular formula is C24H31NO5. The van der Waals surface area contributed by atoms with Crippen molar-refractivity contribution < 1.29 is 23.8 Å². The lowest BCUT2D eigenvalue weighted by Crippen LogP contribution is -2.21. The van der Waals surface area contributed by atoms with Crippen LogP contribution in [0.1, 0.15) is 56.0 Å². The molecule has 0 saturated carbocycles. The fourth-order valence-electron chi connectivity index (χ4n) is 2.71. The number of rotatable bonds is 10. The average Bonchev–Trinajstić information content (AvgIpc) is 2.75. The summed E-state index contributed by atoms with van der Waals surface area (Å²) in [6.07, 6.45) is 1.05. The van der Waals surface area contributed by atoms with E-state index in [1.54, 1.807) is 18.2 Å². The Morgan fingerprint density at radius 3 is 2.30 bits per heavy atom. The number of benzene rings is 2. The van der Waals surface area contributed by atoms with Gasteiger partial charge in [0, 0.05) is 5.69 Å². The van der Waals surface area contributed by atoms with Crippen LogP contribution in [0, 0.1) is 5.92 Å². The molecule has 1 atom stereocenters. The van der Waals surface area contributed by atoms with Crippen LogP contribution in [0.2, 0.25) is 0 Å². The third-order valence-electron chi connectivity index (χ3n) is 4.68. The summed E-state index contributed by atoms with van der Waals surface area (Å²) in [7, 11) is 1.51. The Labute approximate surface area is 178 Å². The van der Waals surface area contributed by atoms with E-state index in [0.29, 0.717) is 35.6 Å². The van der Waals surface area contributed by atoms with Gasteiger partial charge in [0.1, 0.15) is 0 Å². The molecule has 0 fully saturated rings. The van der Waals surface area contributed by atoms with Gasteiger partial charge in [0.25, 0.3) is 5.91 Å². The standard InChI is InChI=1S/C24H31NO5/c1-6-17(4)18-7-10-20(11-8-18)25-23(26)15-30-24(27)19-9-12-21(22(13-19)28-5)29-14-16(2)3/h7-13,16-17H,6,14-15H2,1-5H3,(H,25,26)/t17-/m0/s1. The summed E-state index contributed by atoms with van der Waals surface area (Å²) < 4.78 is 16.1. The van der Waals surface area contributed by atoms with Gasteiger partial charge in [-0.15, -0.1) is 0 Å². The molecule has 0 heterocycles. The molecule has 2 aromatic carbocycles. The van der Waals surface area contributed by atoms with E-state index in [1.165, 1.54) is 12.7 Å².